The van der Waals surface area contributed by atoms with Crippen LogP contribution in [0.3, 0.4) is 0 Å². The molecular formula is C19H24N4O3. The lowest BCUT2D eigenvalue weighted by atomic mass is 9.98. The average Bonchev–Trinajstić information content (AvgIpc) is 2.64. The van der Waals surface area contributed by atoms with Crippen LogP contribution >= 0.6 is 0 Å². The van der Waals surface area contributed by atoms with Crippen molar-refractivity contribution in [2.24, 2.45) is 0 Å². The Labute approximate surface area is 151 Å². The number of benzene rings is 1. The fraction of sp³-hybridized carbons (Fsp3) is 0.421. The first-order valence-corrected chi connectivity index (χ1v) is 8.94. The predicted octanol–water partition coefficient (Wildman–Crippen LogP) is 0.490. The molecule has 7 heteroatoms. The Hall–Kier alpha value is -2.67. The largest absolute Gasteiger partial charge is 0.353 e. The number of nitrogens with zero attached hydrogens (tertiary/aromatic N) is 2. The molecule has 1 aliphatic rings. The maximum atomic E-state index is 12.2. The molecule has 1 atom stereocenters. The average molecular weight is 356 g/mol. The van der Waals surface area contributed by atoms with E-state index < -0.39 is 11.2 Å². The van der Waals surface area contributed by atoms with Crippen molar-refractivity contribution in [3.8, 4) is 0 Å². The first-order chi connectivity index (χ1) is 12.6. The zero-order chi connectivity index (χ0) is 18.5. The van der Waals surface area contributed by atoms with Crippen molar-refractivity contribution in [3.63, 3.8) is 0 Å². The van der Waals surface area contributed by atoms with Crippen LogP contribution in [0.25, 0.3) is 0 Å². The maximum Gasteiger partial charge on any atom is 0.328 e. The van der Waals surface area contributed by atoms with E-state index in [4.69, 9.17) is 0 Å². The molecule has 2 aromatic rings. The van der Waals surface area contributed by atoms with E-state index in [-0.39, 0.29) is 18.5 Å². The number of aromatic nitrogens is 2. The Balaban J connectivity index is 1.56. The van der Waals surface area contributed by atoms with Crippen molar-refractivity contribution >= 4 is 5.91 Å². The van der Waals surface area contributed by atoms with Crippen LogP contribution < -0.4 is 16.6 Å². The molecule has 0 fully saturated rings. The summed E-state index contributed by atoms with van der Waals surface area (Å²) in [5.74, 6) is -0.241. The Morgan fingerprint density at radius 2 is 2.00 bits per heavy atom. The lowest BCUT2D eigenvalue weighted by Gasteiger charge is -2.35. The molecule has 138 valence electrons. The minimum atomic E-state index is -0.577. The number of hydrogen-bond acceptors (Lipinski definition) is 4. The number of carbonyl (C=O) groups excluding carboxylic acids is 1. The van der Waals surface area contributed by atoms with Gasteiger partial charge >= 0.3 is 5.69 Å². The second-order valence-electron chi connectivity index (χ2n) is 6.59. The van der Waals surface area contributed by atoms with Crippen LogP contribution in [0.15, 0.2) is 46.1 Å². The molecule has 0 saturated heterocycles. The van der Waals surface area contributed by atoms with Crippen molar-refractivity contribution in [2.75, 3.05) is 13.1 Å². The van der Waals surface area contributed by atoms with E-state index in [9.17, 15) is 14.4 Å². The van der Waals surface area contributed by atoms with Gasteiger partial charge in [-0.05, 0) is 24.0 Å². The molecule has 26 heavy (non-hydrogen) atoms. The van der Waals surface area contributed by atoms with Crippen LogP contribution in [0.2, 0.25) is 0 Å². The van der Waals surface area contributed by atoms with E-state index in [1.165, 1.54) is 28.0 Å². The SMILES string of the molecule is CCC(CNC(=O)Cn1ccc(=O)[nH]c1=O)N1CCc2ccccc2C1. The molecule has 1 aromatic carbocycles. The highest BCUT2D eigenvalue weighted by Crippen LogP contribution is 2.21. The van der Waals surface area contributed by atoms with Crippen molar-refractivity contribution in [3.05, 3.63) is 68.5 Å². The van der Waals surface area contributed by atoms with Gasteiger partial charge in [0, 0.05) is 37.9 Å². The summed E-state index contributed by atoms with van der Waals surface area (Å²) in [5, 5.41) is 2.91. The van der Waals surface area contributed by atoms with Gasteiger partial charge in [-0.3, -0.25) is 24.0 Å². The van der Waals surface area contributed by atoms with E-state index in [0.29, 0.717) is 6.54 Å². The Morgan fingerprint density at radius 3 is 2.73 bits per heavy atom. The van der Waals surface area contributed by atoms with Gasteiger partial charge in [0.2, 0.25) is 5.91 Å². The highest BCUT2D eigenvalue weighted by atomic mass is 16.2. The lowest BCUT2D eigenvalue weighted by Crippen LogP contribution is -2.46. The molecule has 0 radical (unpaired) electrons. The summed E-state index contributed by atoms with van der Waals surface area (Å²) in [6.07, 6.45) is 3.29. The smallest absolute Gasteiger partial charge is 0.328 e. The van der Waals surface area contributed by atoms with Gasteiger partial charge in [0.25, 0.3) is 5.56 Å². The molecule has 3 rings (SSSR count). The monoisotopic (exact) mass is 356 g/mol. The van der Waals surface area contributed by atoms with Gasteiger partial charge in [-0.1, -0.05) is 31.2 Å². The molecular weight excluding hydrogens is 332 g/mol. The molecule has 2 heterocycles. The third-order valence-electron chi connectivity index (χ3n) is 4.89. The zero-order valence-electron chi connectivity index (χ0n) is 14.9. The first kappa shape index (κ1) is 18.1. The zero-order valence-corrected chi connectivity index (χ0v) is 14.9. The number of aromatic amines is 1. The number of H-pyrrole nitrogens is 1. The first-order valence-electron chi connectivity index (χ1n) is 8.94. The molecule has 0 aliphatic carbocycles. The number of carbonyl (C=O) groups is 1. The Morgan fingerprint density at radius 1 is 1.23 bits per heavy atom. The molecule has 1 unspecified atom stereocenters. The van der Waals surface area contributed by atoms with Crippen LogP contribution in [0.5, 0.6) is 0 Å². The summed E-state index contributed by atoms with van der Waals surface area (Å²) in [5.41, 5.74) is 1.71. The van der Waals surface area contributed by atoms with Crippen molar-refractivity contribution < 1.29 is 4.79 Å². The van der Waals surface area contributed by atoms with Crippen molar-refractivity contribution in [1.29, 1.82) is 0 Å². The summed E-state index contributed by atoms with van der Waals surface area (Å²) in [7, 11) is 0. The van der Waals surface area contributed by atoms with E-state index >= 15 is 0 Å². The van der Waals surface area contributed by atoms with E-state index in [1.807, 2.05) is 0 Å². The number of fused-ring (bicyclic) bond motifs is 1. The predicted molar refractivity (Wildman–Crippen MR) is 99.0 cm³/mol. The van der Waals surface area contributed by atoms with Gasteiger partial charge in [-0.15, -0.1) is 0 Å². The molecule has 1 aromatic heterocycles. The van der Waals surface area contributed by atoms with Crippen LogP contribution in [-0.4, -0.2) is 39.5 Å². The number of hydrogen-bond donors (Lipinski definition) is 2. The van der Waals surface area contributed by atoms with Crippen LogP contribution in [0.1, 0.15) is 24.5 Å². The minimum Gasteiger partial charge on any atom is -0.353 e. The highest BCUT2D eigenvalue weighted by Gasteiger charge is 2.22. The number of amides is 1. The fourth-order valence-corrected chi connectivity index (χ4v) is 3.37. The van der Waals surface area contributed by atoms with E-state index in [2.05, 4.69) is 46.4 Å². The quantitative estimate of drug-likeness (QED) is 0.789. The van der Waals surface area contributed by atoms with Crippen LogP contribution in [-0.2, 0) is 24.3 Å². The molecule has 0 saturated carbocycles. The molecule has 0 bridgehead atoms. The molecule has 2 N–H and O–H groups in total. The molecule has 7 nitrogen and oxygen atoms in total. The normalized spacial score (nSPS) is 15.3. The third kappa shape index (κ3) is 4.29. The van der Waals surface area contributed by atoms with Gasteiger partial charge < -0.3 is 5.32 Å². The lowest BCUT2D eigenvalue weighted by molar-refractivity contribution is -0.122. The third-order valence-corrected chi connectivity index (χ3v) is 4.89. The summed E-state index contributed by atoms with van der Waals surface area (Å²) >= 11 is 0. The van der Waals surface area contributed by atoms with Gasteiger partial charge in [-0.25, -0.2) is 4.79 Å². The summed E-state index contributed by atoms with van der Waals surface area (Å²) in [6.45, 7) is 4.42. The van der Waals surface area contributed by atoms with Crippen molar-refractivity contribution in [2.45, 2.75) is 38.9 Å². The fourth-order valence-electron chi connectivity index (χ4n) is 3.37. The summed E-state index contributed by atoms with van der Waals surface area (Å²) in [6, 6.07) is 9.96. The van der Waals surface area contributed by atoms with Crippen LogP contribution in [0, 0.1) is 0 Å². The Kier molecular flexibility index (Phi) is 5.68. The van der Waals surface area contributed by atoms with Gasteiger partial charge in [0.15, 0.2) is 0 Å². The van der Waals surface area contributed by atoms with E-state index in [1.54, 1.807) is 0 Å². The second-order valence-corrected chi connectivity index (χ2v) is 6.59. The topological polar surface area (TPSA) is 87.2 Å². The highest BCUT2D eigenvalue weighted by molar-refractivity contribution is 5.75. The van der Waals surface area contributed by atoms with Gasteiger partial charge in [0.1, 0.15) is 6.54 Å². The summed E-state index contributed by atoms with van der Waals surface area (Å²) < 4.78 is 1.19. The van der Waals surface area contributed by atoms with Gasteiger partial charge in [0.05, 0.1) is 0 Å². The minimum absolute atomic E-state index is 0.102. The van der Waals surface area contributed by atoms with E-state index in [0.717, 1.165) is 25.9 Å². The van der Waals surface area contributed by atoms with Crippen molar-refractivity contribution in [1.82, 2.24) is 19.8 Å². The molecule has 1 aliphatic heterocycles. The van der Waals surface area contributed by atoms with Gasteiger partial charge in [-0.2, -0.15) is 0 Å². The second kappa shape index (κ2) is 8.14. The number of nitrogens with one attached hydrogen (secondary N) is 2. The van der Waals surface area contributed by atoms with Crippen LogP contribution in [0.4, 0.5) is 0 Å². The summed E-state index contributed by atoms with van der Waals surface area (Å²) in [4.78, 5) is 39.4. The number of rotatable bonds is 6. The Bertz CT molecular complexity index is 887. The maximum absolute atomic E-state index is 12.2. The molecule has 1 amide bonds. The standard InChI is InChI=1S/C19H24N4O3/c1-2-16(22-9-7-14-5-3-4-6-15(14)12-22)11-20-18(25)13-23-10-8-17(24)21-19(23)26/h3-6,8,10,16H,2,7,9,11-13H2,1H3,(H,20,25)(H,21,24,26). The molecule has 0 spiro atoms.